The van der Waals surface area contributed by atoms with Crippen LogP contribution in [0.1, 0.15) is 22.3 Å². The number of nitrogens with zero attached hydrogens (tertiary/aromatic N) is 2. The van der Waals surface area contributed by atoms with Gasteiger partial charge in [0.2, 0.25) is 0 Å². The predicted octanol–water partition coefficient (Wildman–Crippen LogP) is 18.1. The van der Waals surface area contributed by atoms with Gasteiger partial charge in [-0.1, -0.05) is 212 Å². The predicted molar refractivity (Wildman–Crippen MR) is 291 cm³/mol. The number of anilines is 6. The summed E-state index contributed by atoms with van der Waals surface area (Å²) in [7, 11) is 0. The third kappa shape index (κ3) is 6.64. The first kappa shape index (κ1) is 40.3. The van der Waals surface area contributed by atoms with Crippen molar-refractivity contribution in [1.82, 2.24) is 0 Å². The van der Waals surface area contributed by atoms with Gasteiger partial charge in [-0.25, -0.2) is 0 Å². The lowest BCUT2D eigenvalue weighted by Crippen LogP contribution is -2.28. The molecule has 1 aliphatic carbocycles. The van der Waals surface area contributed by atoms with Crippen LogP contribution in [0, 0.1) is 0 Å². The summed E-state index contributed by atoms with van der Waals surface area (Å²) in [5.41, 5.74) is 15.8. The van der Waals surface area contributed by atoms with Crippen molar-refractivity contribution in [3.8, 4) is 22.3 Å². The smallest absolute Gasteiger partial charge is 0.0714 e. The molecule has 12 aromatic rings. The van der Waals surface area contributed by atoms with Crippen LogP contribution in [-0.2, 0) is 5.41 Å². The van der Waals surface area contributed by atoms with E-state index in [1.807, 2.05) is 0 Å². The molecule has 0 saturated carbocycles. The van der Waals surface area contributed by atoms with E-state index in [0.717, 1.165) is 45.3 Å². The molecule has 2 heteroatoms. The molecular formula is C67H46N2. The van der Waals surface area contributed by atoms with Crippen LogP contribution >= 0.6 is 0 Å². The van der Waals surface area contributed by atoms with Crippen LogP contribution < -0.4 is 9.80 Å². The third-order valence-electron chi connectivity index (χ3n) is 14.3. The molecule has 324 valence electrons. The molecule has 0 bridgehead atoms. The zero-order valence-electron chi connectivity index (χ0n) is 38.0. The summed E-state index contributed by atoms with van der Waals surface area (Å²) in [6, 6.07) is 103. The zero-order chi connectivity index (χ0) is 45.7. The highest BCUT2D eigenvalue weighted by molar-refractivity contribution is 6.15. The number of hydrogen-bond acceptors (Lipinski definition) is 2. The normalized spacial score (nSPS) is 12.5. The van der Waals surface area contributed by atoms with Gasteiger partial charge in [-0.3, -0.25) is 0 Å². The number of fused-ring (bicyclic) bond motifs is 7. The highest BCUT2D eigenvalue weighted by Crippen LogP contribution is 2.59. The van der Waals surface area contributed by atoms with Crippen molar-refractivity contribution in [2.45, 2.75) is 5.41 Å². The van der Waals surface area contributed by atoms with E-state index in [9.17, 15) is 0 Å². The second kappa shape index (κ2) is 16.7. The van der Waals surface area contributed by atoms with E-state index in [2.05, 4.69) is 289 Å². The Morgan fingerprint density at radius 1 is 0.246 bits per heavy atom. The Balaban J connectivity index is 1.14. The van der Waals surface area contributed by atoms with Crippen molar-refractivity contribution in [3.05, 3.63) is 301 Å². The van der Waals surface area contributed by atoms with E-state index in [0.29, 0.717) is 0 Å². The summed E-state index contributed by atoms with van der Waals surface area (Å²) in [5, 5.41) is 7.24. The topological polar surface area (TPSA) is 6.48 Å². The van der Waals surface area contributed by atoms with Crippen molar-refractivity contribution < 1.29 is 0 Å². The molecule has 0 unspecified atom stereocenters. The molecule has 0 aromatic heterocycles. The number of hydrogen-bond donors (Lipinski definition) is 0. The average Bonchev–Trinajstić information content (AvgIpc) is 3.72. The summed E-state index contributed by atoms with van der Waals surface area (Å²) < 4.78 is 0. The van der Waals surface area contributed by atoms with Gasteiger partial charge in [0, 0.05) is 33.7 Å². The second-order valence-electron chi connectivity index (χ2n) is 18.0. The Hall–Kier alpha value is -8.98. The van der Waals surface area contributed by atoms with E-state index in [1.54, 1.807) is 0 Å². The van der Waals surface area contributed by atoms with E-state index in [4.69, 9.17) is 0 Å². The van der Waals surface area contributed by atoms with Crippen molar-refractivity contribution in [1.29, 1.82) is 0 Å². The summed E-state index contributed by atoms with van der Waals surface area (Å²) >= 11 is 0. The number of para-hydroxylation sites is 2. The van der Waals surface area contributed by atoms with Gasteiger partial charge in [-0.05, 0) is 133 Å². The molecule has 0 aliphatic heterocycles. The van der Waals surface area contributed by atoms with E-state index in [-0.39, 0.29) is 0 Å². The maximum absolute atomic E-state index is 2.55. The molecule has 69 heavy (non-hydrogen) atoms. The number of benzene rings is 12. The van der Waals surface area contributed by atoms with E-state index < -0.39 is 5.41 Å². The van der Waals surface area contributed by atoms with Gasteiger partial charge in [-0.2, -0.15) is 0 Å². The molecule has 0 radical (unpaired) electrons. The highest BCUT2D eigenvalue weighted by Gasteiger charge is 2.47. The lowest BCUT2D eigenvalue weighted by molar-refractivity contribution is 0.768. The van der Waals surface area contributed by atoms with Gasteiger partial charge < -0.3 is 9.80 Å². The van der Waals surface area contributed by atoms with Crippen LogP contribution in [0.25, 0.3) is 54.6 Å². The highest BCUT2D eigenvalue weighted by atomic mass is 15.2. The van der Waals surface area contributed by atoms with Crippen LogP contribution in [0.15, 0.2) is 279 Å². The first-order valence-electron chi connectivity index (χ1n) is 23.8. The fraction of sp³-hybridized carbons (Fsp3) is 0.0149. The molecule has 12 aromatic carbocycles. The molecule has 0 spiro atoms. The molecule has 1 aliphatic rings. The molecule has 0 atom stereocenters. The van der Waals surface area contributed by atoms with Crippen LogP contribution in [0.4, 0.5) is 34.1 Å². The van der Waals surface area contributed by atoms with E-state index in [1.165, 1.54) is 65.7 Å². The largest absolute Gasteiger partial charge is 0.311 e. The van der Waals surface area contributed by atoms with E-state index >= 15 is 0 Å². The molecular weight excluding hydrogens is 833 g/mol. The van der Waals surface area contributed by atoms with Gasteiger partial charge in [0.05, 0.1) is 16.8 Å². The third-order valence-corrected chi connectivity index (χ3v) is 14.3. The molecule has 0 heterocycles. The molecule has 13 rings (SSSR count). The zero-order valence-corrected chi connectivity index (χ0v) is 38.0. The maximum atomic E-state index is 2.55. The fourth-order valence-electron chi connectivity index (χ4n) is 11.2. The second-order valence-corrected chi connectivity index (χ2v) is 18.0. The Bertz CT molecular complexity index is 3750. The maximum Gasteiger partial charge on any atom is 0.0714 e. The summed E-state index contributed by atoms with van der Waals surface area (Å²) in [4.78, 5) is 4.88. The van der Waals surface area contributed by atoms with Gasteiger partial charge in [0.15, 0.2) is 0 Å². The Morgan fingerprint density at radius 3 is 1.42 bits per heavy atom. The SMILES string of the molecule is c1ccc(N(c2ccccc2)c2ccc(-c3cc4c(cc3N(c3ccc5ccccc5c3)c3cc5ccccc5c5ccccc35)C(c3ccccc3)(c3ccccc3)c3ccccc3-4)cc2)cc1. The lowest BCUT2D eigenvalue weighted by atomic mass is 9.67. The Kier molecular flexibility index (Phi) is 9.77. The van der Waals surface area contributed by atoms with Crippen molar-refractivity contribution in [3.63, 3.8) is 0 Å². The van der Waals surface area contributed by atoms with Crippen molar-refractivity contribution in [2.75, 3.05) is 9.80 Å². The first-order valence-corrected chi connectivity index (χ1v) is 23.8. The Morgan fingerprint density at radius 2 is 0.754 bits per heavy atom. The number of rotatable bonds is 9. The fourth-order valence-corrected chi connectivity index (χ4v) is 11.2. The molecule has 0 N–H and O–H groups in total. The van der Waals surface area contributed by atoms with Gasteiger partial charge in [-0.15, -0.1) is 0 Å². The quantitative estimate of drug-likeness (QED) is 0.133. The van der Waals surface area contributed by atoms with Crippen molar-refractivity contribution >= 4 is 66.4 Å². The minimum absolute atomic E-state index is 0.599. The average molecular weight is 879 g/mol. The lowest BCUT2D eigenvalue weighted by Gasteiger charge is -2.36. The van der Waals surface area contributed by atoms with Crippen LogP contribution in [0.2, 0.25) is 0 Å². The molecule has 0 fully saturated rings. The van der Waals surface area contributed by atoms with Crippen LogP contribution in [0.3, 0.4) is 0 Å². The van der Waals surface area contributed by atoms with Gasteiger partial charge >= 0.3 is 0 Å². The van der Waals surface area contributed by atoms with Gasteiger partial charge in [0.1, 0.15) is 0 Å². The Labute approximate surface area is 403 Å². The summed E-state index contributed by atoms with van der Waals surface area (Å²) in [6.45, 7) is 0. The molecule has 0 amide bonds. The monoisotopic (exact) mass is 878 g/mol. The summed E-state index contributed by atoms with van der Waals surface area (Å²) in [5.74, 6) is 0. The first-order chi connectivity index (χ1) is 34.2. The standard InChI is InChI=1S/C67H46N2/c1-5-24-51(25-6-1)67(52-26-7-2-8-27-52)63-36-20-19-34-59(63)62-45-61(48-38-40-55(41-39-48)68(53-28-9-3-10-29-53)54-30-11-4-12-31-54)66(46-64(62)67)69(56-42-37-47-21-13-14-22-49(47)43-56)65-44-50-23-15-16-32-57(50)58-33-17-18-35-60(58)65/h1-46H. The molecule has 2 nitrogen and oxygen atoms in total. The van der Waals surface area contributed by atoms with Crippen LogP contribution in [0.5, 0.6) is 0 Å². The molecule has 0 saturated heterocycles. The summed E-state index contributed by atoms with van der Waals surface area (Å²) in [6.07, 6.45) is 0. The van der Waals surface area contributed by atoms with Crippen molar-refractivity contribution in [2.24, 2.45) is 0 Å². The minimum atomic E-state index is -0.599. The van der Waals surface area contributed by atoms with Crippen LogP contribution in [-0.4, -0.2) is 0 Å². The van der Waals surface area contributed by atoms with Gasteiger partial charge in [0.25, 0.3) is 0 Å². The minimum Gasteiger partial charge on any atom is -0.311 e.